The second kappa shape index (κ2) is 30.3. The van der Waals surface area contributed by atoms with Crippen molar-refractivity contribution in [3.8, 4) is 0 Å². The van der Waals surface area contributed by atoms with Gasteiger partial charge in [-0.05, 0) is 55.6 Å². The molecule has 2 fully saturated rings. The number of aliphatic hydroxyl groups excluding tert-OH is 1. The van der Waals surface area contributed by atoms with E-state index < -0.39 is 114 Å². The first kappa shape index (κ1) is 61.2. The average molecular weight is 1080 g/mol. The van der Waals surface area contributed by atoms with Gasteiger partial charge in [-0.15, -0.1) is 0 Å². The van der Waals surface area contributed by atoms with E-state index in [4.69, 9.17) is 34.4 Å². The highest BCUT2D eigenvalue weighted by Crippen LogP contribution is 2.22. The lowest BCUT2D eigenvalue weighted by Gasteiger charge is -2.31. The zero-order valence-corrected chi connectivity index (χ0v) is 43.3. The third kappa shape index (κ3) is 20.7. The second-order valence-corrected chi connectivity index (χ2v) is 19.4. The SMILES string of the molecule is CC(C)C[C@H](NC(=O)[C@H](Cc1ccccc1)NC(=O)[C@@H]1CCC(=O)N1)C(=O)N[C@@H](Cc1ccccc1)C(=O)N[C@@H](CCCN=C(N)N)C(=O)N1C[C@H](O)C[C@H]1C(=O)N[C@@H](CCCN=C(N)N)C(=O)N[C@@H](CC(N)=O)C(N)=O. The predicted octanol–water partition coefficient (Wildman–Crippen LogP) is -4.87. The van der Waals surface area contributed by atoms with Crippen LogP contribution in [0.1, 0.15) is 82.8 Å². The molecule has 2 aliphatic heterocycles. The number of rotatable bonds is 30. The number of amides is 10. The Bertz CT molecular complexity index is 2450. The minimum atomic E-state index is -1.53. The zero-order valence-electron chi connectivity index (χ0n) is 43.3. The molecule has 0 unspecified atom stereocenters. The van der Waals surface area contributed by atoms with Gasteiger partial charge in [0.2, 0.25) is 59.1 Å². The molecule has 2 saturated heterocycles. The lowest BCUT2D eigenvalue weighted by Crippen LogP contribution is -2.60. The normalized spacial score (nSPS) is 18.2. The molecule has 4 rings (SSSR count). The summed E-state index contributed by atoms with van der Waals surface area (Å²) in [5, 5.41) is 29.4. The van der Waals surface area contributed by atoms with Gasteiger partial charge < -0.3 is 81.6 Å². The summed E-state index contributed by atoms with van der Waals surface area (Å²) in [6.45, 7) is 3.29. The molecule has 420 valence electrons. The Morgan fingerprint density at radius 2 is 1.10 bits per heavy atom. The van der Waals surface area contributed by atoms with Gasteiger partial charge in [0.05, 0.1) is 12.5 Å². The molecule has 0 radical (unpaired) electrons. The number of aliphatic imine (C=N–C) groups is 2. The highest BCUT2D eigenvalue weighted by atomic mass is 16.3. The lowest BCUT2D eigenvalue weighted by molar-refractivity contribution is -0.143. The van der Waals surface area contributed by atoms with Crippen LogP contribution in [-0.2, 0) is 60.8 Å². The van der Waals surface area contributed by atoms with Crippen LogP contribution in [0.3, 0.4) is 0 Å². The van der Waals surface area contributed by atoms with Crippen LogP contribution in [-0.4, -0.2) is 155 Å². The third-order valence-electron chi connectivity index (χ3n) is 12.6. The first-order valence-corrected chi connectivity index (χ1v) is 25.4. The van der Waals surface area contributed by atoms with Crippen molar-refractivity contribution in [2.75, 3.05) is 19.6 Å². The summed E-state index contributed by atoms with van der Waals surface area (Å²) in [7, 11) is 0. The highest BCUT2D eigenvalue weighted by molar-refractivity contribution is 5.99. The highest BCUT2D eigenvalue weighted by Gasteiger charge is 2.43. The molecule has 0 bridgehead atoms. The summed E-state index contributed by atoms with van der Waals surface area (Å²) >= 11 is 0. The molecule has 0 saturated carbocycles. The summed E-state index contributed by atoms with van der Waals surface area (Å²) in [6.07, 6.45) is -1.81. The molecule has 77 heavy (non-hydrogen) atoms. The monoisotopic (exact) mass is 1070 g/mol. The second-order valence-electron chi connectivity index (χ2n) is 19.4. The predicted molar refractivity (Wildman–Crippen MR) is 281 cm³/mol. The van der Waals surface area contributed by atoms with E-state index in [0.29, 0.717) is 11.1 Å². The van der Waals surface area contributed by atoms with Crippen molar-refractivity contribution in [2.24, 2.45) is 50.3 Å². The van der Waals surface area contributed by atoms with Gasteiger partial charge in [-0.2, -0.15) is 0 Å². The largest absolute Gasteiger partial charge is 0.391 e. The molecular weight excluding hydrogens is 1000 g/mol. The number of carbonyl (C=O) groups is 10. The molecule has 9 atom stereocenters. The molecule has 2 heterocycles. The average Bonchev–Trinajstić information content (AvgIpc) is 4.00. The van der Waals surface area contributed by atoms with Gasteiger partial charge in [-0.1, -0.05) is 74.5 Å². The Morgan fingerprint density at radius 3 is 1.60 bits per heavy atom. The molecule has 27 nitrogen and oxygen atoms in total. The molecule has 27 heteroatoms. The van der Waals surface area contributed by atoms with Crippen LogP contribution in [0.15, 0.2) is 70.6 Å². The van der Waals surface area contributed by atoms with E-state index in [-0.39, 0.29) is 108 Å². The van der Waals surface area contributed by atoms with Gasteiger partial charge in [-0.3, -0.25) is 57.9 Å². The van der Waals surface area contributed by atoms with Gasteiger partial charge in [0.25, 0.3) is 0 Å². The fraction of sp³-hybridized carbons (Fsp3) is 0.520. The fourth-order valence-electron chi connectivity index (χ4n) is 8.72. The van der Waals surface area contributed by atoms with E-state index in [1.807, 2.05) is 13.8 Å². The number of likely N-dealkylation sites (tertiary alicyclic amines) is 1. The van der Waals surface area contributed by atoms with Crippen LogP contribution in [0.5, 0.6) is 0 Å². The van der Waals surface area contributed by atoms with Gasteiger partial charge in [0.1, 0.15) is 48.3 Å². The maximum absolute atomic E-state index is 14.7. The Labute approximate surface area is 445 Å². The molecule has 10 amide bonds. The van der Waals surface area contributed by atoms with Crippen LogP contribution in [0.2, 0.25) is 0 Å². The van der Waals surface area contributed by atoms with Crippen LogP contribution in [0.4, 0.5) is 0 Å². The summed E-state index contributed by atoms with van der Waals surface area (Å²) in [4.78, 5) is 144. The van der Waals surface area contributed by atoms with Crippen LogP contribution in [0.25, 0.3) is 0 Å². The van der Waals surface area contributed by atoms with Crippen molar-refractivity contribution in [1.82, 2.24) is 42.1 Å². The lowest BCUT2D eigenvalue weighted by atomic mass is 9.99. The number of carbonyl (C=O) groups excluding carboxylic acids is 10. The van der Waals surface area contributed by atoms with Crippen molar-refractivity contribution < 1.29 is 53.1 Å². The zero-order chi connectivity index (χ0) is 56.8. The Kier molecular flexibility index (Phi) is 24.0. The van der Waals surface area contributed by atoms with E-state index in [2.05, 4.69) is 47.2 Å². The van der Waals surface area contributed by atoms with Crippen LogP contribution >= 0.6 is 0 Å². The Hall–Kier alpha value is -8.36. The molecule has 2 aromatic rings. The van der Waals surface area contributed by atoms with Crippen molar-refractivity contribution in [2.45, 2.75) is 139 Å². The molecule has 2 aromatic carbocycles. The number of hydrogen-bond acceptors (Lipinski definition) is 13. The number of nitrogens with two attached hydrogens (primary N) is 6. The van der Waals surface area contributed by atoms with Gasteiger partial charge in [0, 0.05) is 45.3 Å². The number of hydrogen-bond donors (Lipinski definition) is 14. The number of guanidine groups is 2. The first-order chi connectivity index (χ1) is 36.5. The number of primary amides is 2. The van der Waals surface area contributed by atoms with Crippen LogP contribution < -0.4 is 71.6 Å². The molecular formula is C50H74N16O11. The quantitative estimate of drug-likeness (QED) is 0.0198. The number of benzene rings is 2. The number of β-amino-alcohol motifs (C(OH)–C–C–N with tert-alkyl or cyclic N) is 1. The minimum absolute atomic E-state index is 0.00892. The molecule has 20 N–H and O–H groups in total. The van der Waals surface area contributed by atoms with Crippen LogP contribution in [0, 0.1) is 5.92 Å². The number of nitrogens with one attached hydrogen (secondary N) is 7. The van der Waals surface area contributed by atoms with Gasteiger partial charge in [-0.25, -0.2) is 0 Å². The van der Waals surface area contributed by atoms with E-state index in [9.17, 15) is 53.1 Å². The van der Waals surface area contributed by atoms with Gasteiger partial charge in [0.15, 0.2) is 11.9 Å². The van der Waals surface area contributed by atoms with Crippen molar-refractivity contribution in [1.29, 1.82) is 0 Å². The van der Waals surface area contributed by atoms with Gasteiger partial charge >= 0.3 is 0 Å². The van der Waals surface area contributed by atoms with E-state index >= 15 is 0 Å². The van der Waals surface area contributed by atoms with E-state index in [0.717, 1.165) is 4.90 Å². The summed E-state index contributed by atoms with van der Waals surface area (Å²) in [5.74, 6) is -8.56. The summed E-state index contributed by atoms with van der Waals surface area (Å²) < 4.78 is 0. The maximum Gasteiger partial charge on any atom is 0.245 e. The van der Waals surface area contributed by atoms with E-state index in [1.54, 1.807) is 60.7 Å². The van der Waals surface area contributed by atoms with Crippen molar-refractivity contribution in [3.05, 3.63) is 71.8 Å². The fourth-order valence-corrected chi connectivity index (χ4v) is 8.72. The van der Waals surface area contributed by atoms with Crippen molar-refractivity contribution >= 4 is 71.0 Å². The standard InChI is InChI=1S/C50H74N16O11/c1-27(2)21-35(63-46(75)37(23-29-13-7-4-8-14-29)64-43(72)32-17-18-40(69)59-32)44(73)65-36(22-28-11-5-3-6-12-28)45(74)61-33(16-10-20-58-50(55)56)48(77)66-26-30(67)24-38(66)47(76)60-31(15-9-19-57-49(53)54)42(71)62-34(41(52)70)25-39(51)68/h3-8,11-14,27,30-38,67H,9-10,15-26H2,1-2H3,(H2,51,68)(H2,52,70)(H,59,69)(H,60,76)(H,61,74)(H,62,71)(H,63,75)(H,64,72)(H,65,73)(H4,53,54,57)(H4,55,56,58)/t30-,31+,32+,33+,34+,35+,36+,37+,38+/m1/s1. The number of aliphatic hydroxyl groups is 1. The Morgan fingerprint density at radius 1 is 0.636 bits per heavy atom. The van der Waals surface area contributed by atoms with E-state index in [1.165, 1.54) is 0 Å². The smallest absolute Gasteiger partial charge is 0.245 e. The first-order valence-electron chi connectivity index (χ1n) is 25.4. The summed E-state index contributed by atoms with van der Waals surface area (Å²) in [6, 6.07) is 7.01. The minimum Gasteiger partial charge on any atom is -0.391 e. The molecule has 2 aliphatic rings. The third-order valence-corrected chi connectivity index (χ3v) is 12.6. The molecule has 0 spiro atoms. The maximum atomic E-state index is 14.7. The Balaban J connectivity index is 1.63. The topological polar surface area (TPSA) is 459 Å². The molecule has 0 aliphatic carbocycles. The molecule has 0 aromatic heterocycles. The van der Waals surface area contributed by atoms with Crippen molar-refractivity contribution in [3.63, 3.8) is 0 Å². The number of nitrogens with zero attached hydrogens (tertiary/aromatic N) is 3. The summed E-state index contributed by atoms with van der Waals surface area (Å²) in [5.41, 5.74) is 34.0.